The first-order valence-electron chi connectivity index (χ1n) is 20.7. The van der Waals surface area contributed by atoms with Crippen LogP contribution in [0.5, 0.6) is 0 Å². The number of rotatable bonds is 37. The van der Waals surface area contributed by atoms with Crippen LogP contribution in [-0.2, 0) is 0 Å². The summed E-state index contributed by atoms with van der Waals surface area (Å²) in [4.78, 5) is 0. The van der Waals surface area contributed by atoms with Gasteiger partial charge in [0.25, 0.3) is 0 Å². The first-order valence-corrected chi connectivity index (χ1v) is 23.6. The molecule has 0 saturated carbocycles. The summed E-state index contributed by atoms with van der Waals surface area (Å²) in [5, 5.41) is 0. The van der Waals surface area contributed by atoms with Crippen molar-refractivity contribution in [2.24, 2.45) is 0 Å². The Morgan fingerprint density at radius 3 is 0.500 bits per heavy atom. The van der Waals surface area contributed by atoms with Crippen molar-refractivity contribution in [1.29, 1.82) is 0 Å². The number of hydrogen-bond acceptors (Lipinski definition) is 0. The standard InChI is InChI=1S/C41H87P/c1-5-9-13-17-21-22-23-24-25-29-33-37-41-42(38-34-30-26-18-14-10-6-2,39-35-31-27-19-15-11-7-3)40-36-32-28-20-16-12-8-4/h42H,5-41H2,1-4H3. The van der Waals surface area contributed by atoms with Crippen LogP contribution in [0.2, 0.25) is 0 Å². The van der Waals surface area contributed by atoms with Crippen molar-refractivity contribution in [3.05, 3.63) is 0 Å². The van der Waals surface area contributed by atoms with Crippen molar-refractivity contribution in [3.8, 4) is 0 Å². The van der Waals surface area contributed by atoms with Crippen molar-refractivity contribution in [2.75, 3.05) is 24.6 Å². The number of hydrogen-bond donors (Lipinski definition) is 0. The van der Waals surface area contributed by atoms with Crippen LogP contribution in [0, 0.1) is 0 Å². The Balaban J connectivity index is 4.71. The van der Waals surface area contributed by atoms with Gasteiger partial charge < -0.3 is 0 Å². The third-order valence-electron chi connectivity index (χ3n) is 10.5. The van der Waals surface area contributed by atoms with Gasteiger partial charge in [-0.3, -0.25) is 0 Å². The van der Waals surface area contributed by atoms with Gasteiger partial charge in [0.05, 0.1) is 0 Å². The van der Waals surface area contributed by atoms with E-state index in [0.717, 1.165) is 0 Å². The molecule has 0 aliphatic heterocycles. The summed E-state index contributed by atoms with van der Waals surface area (Å²) in [6.07, 6.45) is 55.9. The minimum absolute atomic E-state index is 1.12. The molecule has 0 bridgehead atoms. The van der Waals surface area contributed by atoms with Gasteiger partial charge in [-0.05, 0) is 0 Å². The van der Waals surface area contributed by atoms with Crippen molar-refractivity contribution >= 4 is 7.26 Å². The van der Waals surface area contributed by atoms with Crippen molar-refractivity contribution in [3.63, 3.8) is 0 Å². The van der Waals surface area contributed by atoms with Crippen molar-refractivity contribution < 1.29 is 0 Å². The van der Waals surface area contributed by atoms with Crippen LogP contribution in [0.15, 0.2) is 0 Å². The second-order valence-electron chi connectivity index (χ2n) is 14.8. The van der Waals surface area contributed by atoms with Gasteiger partial charge in [0, 0.05) is 0 Å². The first-order chi connectivity index (χ1) is 20.7. The molecule has 0 nitrogen and oxygen atoms in total. The van der Waals surface area contributed by atoms with Gasteiger partial charge in [-0.2, -0.15) is 0 Å². The SMILES string of the molecule is CCCCCCCCCCCCCC[PH](CCCCCCCCC)(CCCCCCCCC)CCCCCCCCC. The molecule has 0 amide bonds. The molecule has 0 heterocycles. The first kappa shape index (κ1) is 42.4. The van der Waals surface area contributed by atoms with Gasteiger partial charge in [-0.25, -0.2) is 0 Å². The summed E-state index contributed by atoms with van der Waals surface area (Å²) in [6, 6.07) is 0. The maximum atomic E-state index is 2.35. The molecule has 0 aliphatic carbocycles. The van der Waals surface area contributed by atoms with Crippen LogP contribution >= 0.6 is 7.26 Å². The third kappa shape index (κ3) is 30.5. The zero-order valence-corrected chi connectivity index (χ0v) is 31.7. The van der Waals surface area contributed by atoms with E-state index >= 15 is 0 Å². The summed E-state index contributed by atoms with van der Waals surface area (Å²) >= 11 is 0. The summed E-state index contributed by atoms with van der Waals surface area (Å²) in [7, 11) is -1.12. The molecule has 1 heteroatoms. The molecule has 0 saturated heterocycles. The molecule has 0 radical (unpaired) electrons. The zero-order chi connectivity index (χ0) is 30.7. The summed E-state index contributed by atoms with van der Waals surface area (Å²) < 4.78 is 0. The molecule has 0 aromatic rings. The van der Waals surface area contributed by atoms with Gasteiger partial charge in [0.1, 0.15) is 0 Å². The van der Waals surface area contributed by atoms with E-state index < -0.39 is 7.26 Å². The van der Waals surface area contributed by atoms with Crippen LogP contribution in [0.4, 0.5) is 0 Å². The third-order valence-corrected chi connectivity index (χ3v) is 16.1. The van der Waals surface area contributed by atoms with Gasteiger partial charge >= 0.3 is 258 Å². The van der Waals surface area contributed by atoms with E-state index in [1.807, 2.05) is 0 Å². The average Bonchev–Trinajstić information content (AvgIpc) is 3.00. The fourth-order valence-corrected chi connectivity index (χ4v) is 13.0. The maximum absolute atomic E-state index is 2.35. The minimum atomic E-state index is -1.12. The Kier molecular flexibility index (Phi) is 36.3. The van der Waals surface area contributed by atoms with E-state index in [0.29, 0.717) is 0 Å². The second-order valence-corrected chi connectivity index (χ2v) is 19.8. The fraction of sp³-hybridized carbons (Fsp3) is 1.00. The van der Waals surface area contributed by atoms with Gasteiger partial charge in [-0.15, -0.1) is 0 Å². The van der Waals surface area contributed by atoms with Crippen molar-refractivity contribution in [2.45, 2.75) is 240 Å². The second kappa shape index (κ2) is 35.9. The van der Waals surface area contributed by atoms with Crippen LogP contribution in [0.1, 0.15) is 240 Å². The summed E-state index contributed by atoms with van der Waals surface area (Å²) in [6.45, 7) is 9.38. The van der Waals surface area contributed by atoms with E-state index in [9.17, 15) is 0 Å². The van der Waals surface area contributed by atoms with E-state index in [4.69, 9.17) is 0 Å². The predicted octanol–water partition coefficient (Wildman–Crippen LogP) is 15.7. The van der Waals surface area contributed by atoms with Gasteiger partial charge in [-0.1, -0.05) is 13.3 Å². The molecule has 0 aliphatic rings. The zero-order valence-electron chi connectivity index (χ0n) is 30.7. The molecule has 0 atom stereocenters. The molecule has 0 aromatic carbocycles. The number of unbranched alkanes of at least 4 members (excludes halogenated alkanes) is 29. The van der Waals surface area contributed by atoms with Gasteiger partial charge in [0.15, 0.2) is 0 Å². The molecule has 0 N–H and O–H groups in total. The Bertz CT molecular complexity index is 426. The predicted molar refractivity (Wildman–Crippen MR) is 203 cm³/mol. The van der Waals surface area contributed by atoms with E-state index in [2.05, 4.69) is 27.7 Å². The molecule has 0 fully saturated rings. The molecule has 42 heavy (non-hydrogen) atoms. The van der Waals surface area contributed by atoms with Crippen molar-refractivity contribution in [1.82, 2.24) is 0 Å². The van der Waals surface area contributed by atoms with Crippen LogP contribution in [0.3, 0.4) is 0 Å². The Morgan fingerprint density at radius 1 is 0.190 bits per heavy atom. The normalized spacial score (nSPS) is 12.4. The van der Waals surface area contributed by atoms with Crippen LogP contribution in [-0.4, -0.2) is 24.6 Å². The molecular formula is C41H87P. The monoisotopic (exact) mass is 611 g/mol. The topological polar surface area (TPSA) is 0 Å². The van der Waals surface area contributed by atoms with Crippen LogP contribution in [0.25, 0.3) is 0 Å². The summed E-state index contributed by atoms with van der Waals surface area (Å²) in [5.41, 5.74) is 0. The van der Waals surface area contributed by atoms with Crippen LogP contribution < -0.4 is 0 Å². The Hall–Kier alpha value is 0.430. The Morgan fingerprint density at radius 2 is 0.333 bits per heavy atom. The molecule has 256 valence electrons. The quantitative estimate of drug-likeness (QED) is 0.0485. The fourth-order valence-electron chi connectivity index (χ4n) is 7.46. The van der Waals surface area contributed by atoms with Gasteiger partial charge in [0.2, 0.25) is 0 Å². The average molecular weight is 611 g/mol. The summed E-state index contributed by atoms with van der Waals surface area (Å²) in [5.74, 6) is 0. The van der Waals surface area contributed by atoms with E-state index in [1.54, 1.807) is 50.3 Å². The molecular weight excluding hydrogens is 523 g/mol. The molecule has 0 aromatic heterocycles. The van der Waals surface area contributed by atoms with E-state index in [1.165, 1.54) is 186 Å². The molecule has 0 rings (SSSR count). The van der Waals surface area contributed by atoms with E-state index in [-0.39, 0.29) is 0 Å². The Labute approximate surface area is 270 Å². The molecule has 0 unspecified atom stereocenters. The molecule has 0 spiro atoms.